The van der Waals surface area contributed by atoms with E-state index in [1.807, 2.05) is 0 Å². The summed E-state index contributed by atoms with van der Waals surface area (Å²) in [5, 5.41) is 0. The highest BCUT2D eigenvalue weighted by Gasteiger charge is 2.32. The van der Waals surface area contributed by atoms with Gasteiger partial charge in [0.2, 0.25) is 5.75 Å². The number of methoxy groups -OCH3 is 3. The zero-order valence-electron chi connectivity index (χ0n) is 16.8. The first kappa shape index (κ1) is 22.5. The Morgan fingerprint density at radius 2 is 1.76 bits per heavy atom. The molecule has 1 amide bonds. The molecule has 1 aromatic rings. The van der Waals surface area contributed by atoms with Crippen LogP contribution in [0.1, 0.15) is 12.0 Å². The molecule has 9 nitrogen and oxygen atoms in total. The zero-order chi connectivity index (χ0) is 21.6. The van der Waals surface area contributed by atoms with E-state index in [9.17, 15) is 18.0 Å². The van der Waals surface area contributed by atoms with Gasteiger partial charge < -0.3 is 23.8 Å². The Morgan fingerprint density at radius 3 is 2.24 bits per heavy atom. The number of likely N-dealkylation sites (N-methyl/N-ethyl adjacent to an activating group) is 1. The van der Waals surface area contributed by atoms with E-state index < -0.39 is 28.3 Å². The minimum atomic E-state index is -3.10. The van der Waals surface area contributed by atoms with Gasteiger partial charge in [0.25, 0.3) is 5.91 Å². The van der Waals surface area contributed by atoms with E-state index in [4.69, 9.17) is 18.9 Å². The Bertz CT molecular complexity index is 868. The van der Waals surface area contributed by atoms with E-state index in [1.54, 1.807) is 12.1 Å². The summed E-state index contributed by atoms with van der Waals surface area (Å²) in [6.45, 7) is -0.467. The Kier molecular flexibility index (Phi) is 7.49. The lowest BCUT2D eigenvalue weighted by Crippen LogP contribution is -2.40. The highest BCUT2D eigenvalue weighted by Crippen LogP contribution is 2.38. The average Bonchev–Trinajstić information content (AvgIpc) is 3.08. The molecule has 1 atom stereocenters. The number of esters is 1. The van der Waals surface area contributed by atoms with Crippen molar-refractivity contribution in [1.82, 2.24) is 4.90 Å². The van der Waals surface area contributed by atoms with Crippen LogP contribution in [-0.2, 0) is 24.2 Å². The van der Waals surface area contributed by atoms with Crippen molar-refractivity contribution in [2.75, 3.05) is 46.5 Å². The smallest absolute Gasteiger partial charge is 0.331 e. The minimum Gasteiger partial charge on any atom is -0.493 e. The van der Waals surface area contributed by atoms with Crippen molar-refractivity contribution in [1.29, 1.82) is 0 Å². The SMILES string of the molecule is COc1cc(C=CC(=O)OCC(=O)N(C)C2CCS(=O)(=O)C2)cc(OC)c1OC. The van der Waals surface area contributed by atoms with E-state index in [2.05, 4.69) is 0 Å². The van der Waals surface area contributed by atoms with Crippen molar-refractivity contribution in [3.63, 3.8) is 0 Å². The molecule has 1 aliphatic heterocycles. The van der Waals surface area contributed by atoms with Crippen LogP contribution in [0.2, 0.25) is 0 Å². The summed E-state index contributed by atoms with van der Waals surface area (Å²) >= 11 is 0. The Balaban J connectivity index is 1.95. The van der Waals surface area contributed by atoms with Gasteiger partial charge >= 0.3 is 5.97 Å². The zero-order valence-corrected chi connectivity index (χ0v) is 17.7. The molecule has 1 saturated heterocycles. The van der Waals surface area contributed by atoms with Crippen molar-refractivity contribution < 1.29 is 37.0 Å². The first-order valence-corrected chi connectivity index (χ1v) is 10.6. The Morgan fingerprint density at radius 1 is 1.14 bits per heavy atom. The molecule has 1 unspecified atom stereocenters. The van der Waals surface area contributed by atoms with Crippen molar-refractivity contribution in [2.45, 2.75) is 12.5 Å². The lowest BCUT2D eigenvalue weighted by Gasteiger charge is -2.22. The van der Waals surface area contributed by atoms with Crippen LogP contribution in [0.3, 0.4) is 0 Å². The van der Waals surface area contributed by atoms with Crippen LogP contribution in [-0.4, -0.2) is 77.7 Å². The predicted molar refractivity (Wildman–Crippen MR) is 106 cm³/mol. The fraction of sp³-hybridized carbons (Fsp3) is 0.474. The van der Waals surface area contributed by atoms with Crippen LogP contribution in [0.25, 0.3) is 6.08 Å². The van der Waals surface area contributed by atoms with Crippen LogP contribution in [0.4, 0.5) is 0 Å². The molecule has 1 aromatic carbocycles. The van der Waals surface area contributed by atoms with Crippen LogP contribution in [0, 0.1) is 0 Å². The van der Waals surface area contributed by atoms with Crippen LogP contribution in [0.15, 0.2) is 18.2 Å². The number of sulfone groups is 1. The Labute approximate surface area is 170 Å². The number of carbonyl (C=O) groups is 2. The van der Waals surface area contributed by atoms with Gasteiger partial charge in [0, 0.05) is 19.2 Å². The number of amides is 1. The molecule has 1 heterocycles. The molecule has 10 heteroatoms. The summed E-state index contributed by atoms with van der Waals surface area (Å²) in [7, 11) is 2.86. The molecule has 2 rings (SSSR count). The molecule has 160 valence electrons. The maximum Gasteiger partial charge on any atom is 0.331 e. The molecule has 0 radical (unpaired) electrons. The van der Waals surface area contributed by atoms with E-state index >= 15 is 0 Å². The summed E-state index contributed by atoms with van der Waals surface area (Å²) < 4.78 is 43.7. The normalized spacial score (nSPS) is 17.7. The van der Waals surface area contributed by atoms with Gasteiger partial charge in [-0.15, -0.1) is 0 Å². The second-order valence-corrected chi connectivity index (χ2v) is 8.69. The van der Waals surface area contributed by atoms with Gasteiger partial charge in [0.05, 0.1) is 32.8 Å². The number of rotatable bonds is 8. The van der Waals surface area contributed by atoms with Crippen LogP contribution >= 0.6 is 0 Å². The molecule has 0 aliphatic carbocycles. The number of benzene rings is 1. The van der Waals surface area contributed by atoms with Gasteiger partial charge in [-0.1, -0.05) is 0 Å². The third-order valence-electron chi connectivity index (χ3n) is 4.59. The molecule has 0 spiro atoms. The largest absolute Gasteiger partial charge is 0.493 e. The van der Waals surface area contributed by atoms with Crippen molar-refractivity contribution >= 4 is 27.8 Å². The number of ether oxygens (including phenoxy) is 4. The summed E-state index contributed by atoms with van der Waals surface area (Å²) in [6, 6.07) is 2.93. The van der Waals surface area contributed by atoms with Gasteiger partial charge in [-0.05, 0) is 30.2 Å². The van der Waals surface area contributed by atoms with Gasteiger partial charge in [-0.2, -0.15) is 0 Å². The number of hydrogen-bond donors (Lipinski definition) is 0. The standard InChI is InChI=1S/C19H25NO8S/c1-20(14-7-8-29(23,24)12-14)17(21)11-28-18(22)6-5-13-9-15(25-2)19(27-4)16(10-13)26-3/h5-6,9-10,14H,7-8,11-12H2,1-4H3. The molecule has 1 aliphatic rings. The summed E-state index contributed by atoms with van der Waals surface area (Å²) in [5.41, 5.74) is 0.607. The quantitative estimate of drug-likeness (QED) is 0.445. The first-order chi connectivity index (χ1) is 13.7. The number of hydrogen-bond acceptors (Lipinski definition) is 8. The second kappa shape index (κ2) is 9.64. The maximum atomic E-state index is 12.1. The van der Waals surface area contributed by atoms with Crippen LogP contribution in [0.5, 0.6) is 17.2 Å². The molecule has 0 bridgehead atoms. The molecular weight excluding hydrogens is 402 g/mol. The highest BCUT2D eigenvalue weighted by atomic mass is 32.2. The fourth-order valence-electron chi connectivity index (χ4n) is 2.93. The third kappa shape index (κ3) is 5.86. The summed E-state index contributed by atoms with van der Waals surface area (Å²) in [6.07, 6.45) is 3.05. The summed E-state index contributed by atoms with van der Waals surface area (Å²) in [5.74, 6) is 0.126. The fourth-order valence-corrected chi connectivity index (χ4v) is 4.70. The van der Waals surface area contributed by atoms with Gasteiger partial charge in [-0.3, -0.25) is 4.79 Å². The first-order valence-electron chi connectivity index (χ1n) is 8.81. The van der Waals surface area contributed by atoms with Crippen molar-refractivity contribution in [3.05, 3.63) is 23.8 Å². The van der Waals surface area contributed by atoms with Crippen molar-refractivity contribution in [2.24, 2.45) is 0 Å². The Hall–Kier alpha value is -2.75. The topological polar surface area (TPSA) is 108 Å². The molecule has 0 aromatic heterocycles. The lowest BCUT2D eigenvalue weighted by atomic mass is 10.1. The lowest BCUT2D eigenvalue weighted by molar-refractivity contribution is -0.148. The van der Waals surface area contributed by atoms with Gasteiger partial charge in [0.1, 0.15) is 0 Å². The second-order valence-electron chi connectivity index (χ2n) is 6.46. The summed E-state index contributed by atoms with van der Waals surface area (Å²) in [4.78, 5) is 25.4. The van der Waals surface area contributed by atoms with Crippen LogP contribution < -0.4 is 14.2 Å². The maximum absolute atomic E-state index is 12.1. The molecule has 0 N–H and O–H groups in total. The van der Waals surface area contributed by atoms with E-state index in [1.165, 1.54) is 45.4 Å². The molecule has 0 saturated carbocycles. The molecule has 1 fully saturated rings. The molecular formula is C19H25NO8S. The third-order valence-corrected chi connectivity index (χ3v) is 6.34. The molecule has 29 heavy (non-hydrogen) atoms. The van der Waals surface area contributed by atoms with E-state index in [0.29, 0.717) is 29.2 Å². The minimum absolute atomic E-state index is 0.0621. The monoisotopic (exact) mass is 427 g/mol. The average molecular weight is 427 g/mol. The predicted octanol–water partition coefficient (Wildman–Crippen LogP) is 0.914. The van der Waals surface area contributed by atoms with Gasteiger partial charge in [0.15, 0.2) is 27.9 Å². The highest BCUT2D eigenvalue weighted by molar-refractivity contribution is 7.91. The van der Waals surface area contributed by atoms with Gasteiger partial charge in [-0.25, -0.2) is 13.2 Å². The van der Waals surface area contributed by atoms with E-state index in [-0.39, 0.29) is 17.5 Å². The number of carbonyl (C=O) groups excluding carboxylic acids is 2. The van der Waals surface area contributed by atoms with Crippen molar-refractivity contribution in [3.8, 4) is 17.2 Å². The van der Waals surface area contributed by atoms with E-state index in [0.717, 1.165) is 0 Å². The number of nitrogens with zero attached hydrogens (tertiary/aromatic N) is 1.